The Morgan fingerprint density at radius 2 is 1.72 bits per heavy atom. The fourth-order valence-electron chi connectivity index (χ4n) is 2.00. The van der Waals surface area contributed by atoms with Gasteiger partial charge >= 0.3 is 5.97 Å². The Kier molecular flexibility index (Phi) is 8.45. The lowest BCUT2D eigenvalue weighted by molar-refractivity contribution is -0.385. The van der Waals surface area contributed by atoms with Crippen LogP contribution >= 0.6 is 0 Å². The first-order chi connectivity index (χ1) is 12.0. The van der Waals surface area contributed by atoms with Crippen molar-refractivity contribution in [1.82, 2.24) is 0 Å². The molecule has 0 atom stereocenters. The molecule has 0 unspecified atom stereocenters. The molecule has 136 valence electrons. The minimum absolute atomic E-state index is 0.0499. The third-order valence-corrected chi connectivity index (χ3v) is 3.04. The Bertz CT molecular complexity index is 648. The SMILES string of the molecule is CCOC(=O)/C(=C/c1ccccc1[N+](=O)[O-])C(=O)C(OCC)OCC. The van der Waals surface area contributed by atoms with Crippen molar-refractivity contribution in [3.8, 4) is 0 Å². The minimum atomic E-state index is -1.28. The van der Waals surface area contributed by atoms with E-state index in [1.165, 1.54) is 18.2 Å². The van der Waals surface area contributed by atoms with Gasteiger partial charge in [-0.1, -0.05) is 12.1 Å². The molecule has 0 aromatic heterocycles. The number of nitro groups is 1. The third kappa shape index (κ3) is 5.77. The lowest BCUT2D eigenvalue weighted by atomic mass is 10.1. The van der Waals surface area contributed by atoms with E-state index in [4.69, 9.17) is 14.2 Å². The molecule has 0 aliphatic rings. The van der Waals surface area contributed by atoms with E-state index in [0.29, 0.717) is 0 Å². The Balaban J connectivity index is 3.36. The minimum Gasteiger partial charge on any atom is -0.462 e. The van der Waals surface area contributed by atoms with Gasteiger partial charge in [-0.25, -0.2) is 4.79 Å². The smallest absolute Gasteiger partial charge is 0.341 e. The molecule has 0 amide bonds. The van der Waals surface area contributed by atoms with Crippen molar-refractivity contribution in [2.75, 3.05) is 19.8 Å². The van der Waals surface area contributed by atoms with Gasteiger partial charge in [-0.05, 0) is 32.9 Å². The lowest BCUT2D eigenvalue weighted by Crippen LogP contribution is -2.32. The highest BCUT2D eigenvalue weighted by atomic mass is 16.7. The summed E-state index contributed by atoms with van der Waals surface area (Å²) in [6, 6.07) is 5.77. The largest absolute Gasteiger partial charge is 0.462 e. The molecule has 0 spiro atoms. The van der Waals surface area contributed by atoms with Gasteiger partial charge in [0, 0.05) is 19.3 Å². The highest BCUT2D eigenvalue weighted by Crippen LogP contribution is 2.22. The molecule has 0 aliphatic carbocycles. The summed E-state index contributed by atoms with van der Waals surface area (Å²) in [5, 5.41) is 11.1. The van der Waals surface area contributed by atoms with Crippen molar-refractivity contribution in [2.24, 2.45) is 0 Å². The van der Waals surface area contributed by atoms with Crippen molar-refractivity contribution in [1.29, 1.82) is 0 Å². The summed E-state index contributed by atoms with van der Waals surface area (Å²) in [5.41, 5.74) is -0.500. The Morgan fingerprint density at radius 1 is 1.12 bits per heavy atom. The van der Waals surface area contributed by atoms with Crippen molar-refractivity contribution in [3.63, 3.8) is 0 Å². The summed E-state index contributed by atoms with van der Waals surface area (Å²) in [5.74, 6) is -1.64. The molecule has 8 nitrogen and oxygen atoms in total. The van der Waals surface area contributed by atoms with E-state index in [2.05, 4.69) is 0 Å². The number of benzene rings is 1. The van der Waals surface area contributed by atoms with Gasteiger partial charge in [0.2, 0.25) is 12.1 Å². The number of esters is 1. The van der Waals surface area contributed by atoms with Crippen molar-refractivity contribution < 1.29 is 28.7 Å². The second-order valence-corrected chi connectivity index (χ2v) is 4.70. The molecule has 1 rings (SSSR count). The molecule has 0 heterocycles. The van der Waals surface area contributed by atoms with Crippen LogP contribution < -0.4 is 0 Å². The fourth-order valence-corrected chi connectivity index (χ4v) is 2.00. The summed E-state index contributed by atoms with van der Waals surface area (Å²) in [7, 11) is 0. The molecule has 0 aliphatic heterocycles. The van der Waals surface area contributed by atoms with E-state index in [1.807, 2.05) is 0 Å². The molecular weight excluding hydrogens is 330 g/mol. The van der Waals surface area contributed by atoms with Crippen LogP contribution in [0.15, 0.2) is 29.8 Å². The van der Waals surface area contributed by atoms with Crippen LogP contribution in [-0.2, 0) is 23.8 Å². The first-order valence-corrected chi connectivity index (χ1v) is 7.85. The number of hydrogen-bond acceptors (Lipinski definition) is 7. The average molecular weight is 351 g/mol. The monoisotopic (exact) mass is 351 g/mol. The van der Waals surface area contributed by atoms with Crippen LogP contribution in [0.3, 0.4) is 0 Å². The molecule has 1 aromatic carbocycles. The topological polar surface area (TPSA) is 105 Å². The first-order valence-electron chi connectivity index (χ1n) is 7.85. The highest BCUT2D eigenvalue weighted by Gasteiger charge is 2.29. The van der Waals surface area contributed by atoms with Crippen molar-refractivity contribution >= 4 is 23.5 Å². The van der Waals surface area contributed by atoms with Crippen LogP contribution in [0.2, 0.25) is 0 Å². The maximum absolute atomic E-state index is 12.6. The van der Waals surface area contributed by atoms with Gasteiger partial charge in [-0.15, -0.1) is 0 Å². The zero-order chi connectivity index (χ0) is 18.8. The Hall–Kier alpha value is -2.58. The van der Waals surface area contributed by atoms with Crippen LogP contribution in [0.25, 0.3) is 6.08 Å². The Labute approximate surface area is 145 Å². The number of carbonyl (C=O) groups excluding carboxylic acids is 2. The number of ketones is 1. The second kappa shape index (κ2) is 10.3. The van der Waals surface area contributed by atoms with E-state index in [9.17, 15) is 19.7 Å². The Morgan fingerprint density at radius 3 is 2.24 bits per heavy atom. The predicted octanol–water partition coefficient (Wildman–Crippen LogP) is 2.51. The zero-order valence-electron chi connectivity index (χ0n) is 14.4. The van der Waals surface area contributed by atoms with Crippen LogP contribution in [0.1, 0.15) is 26.3 Å². The predicted molar refractivity (Wildman–Crippen MR) is 89.8 cm³/mol. The summed E-state index contributed by atoms with van der Waals surface area (Å²) < 4.78 is 15.3. The van der Waals surface area contributed by atoms with E-state index in [0.717, 1.165) is 6.08 Å². The number of carbonyl (C=O) groups is 2. The zero-order valence-corrected chi connectivity index (χ0v) is 14.4. The quantitative estimate of drug-likeness (QED) is 0.121. The summed E-state index contributed by atoms with van der Waals surface area (Å²) in [6.45, 7) is 5.38. The fraction of sp³-hybridized carbons (Fsp3) is 0.412. The van der Waals surface area contributed by atoms with Gasteiger partial charge in [0.25, 0.3) is 5.69 Å². The van der Waals surface area contributed by atoms with Gasteiger partial charge < -0.3 is 14.2 Å². The number of nitrogens with zero attached hydrogens (tertiary/aromatic N) is 1. The lowest BCUT2D eigenvalue weighted by Gasteiger charge is -2.16. The standard InChI is InChI=1S/C17H21NO7/c1-4-23-16(20)13(15(19)17(24-5-2)25-6-3)11-12-9-7-8-10-14(12)18(21)22/h7-11,17H,4-6H2,1-3H3/b13-11+. The molecule has 0 N–H and O–H groups in total. The van der Waals surface area contributed by atoms with Gasteiger partial charge in [0.1, 0.15) is 5.57 Å². The number of nitro benzene ring substituents is 1. The molecule has 1 aromatic rings. The summed E-state index contributed by atoms with van der Waals surface area (Å²) in [6.07, 6.45) is -0.155. The van der Waals surface area contributed by atoms with Crippen LogP contribution in [0.4, 0.5) is 5.69 Å². The maximum atomic E-state index is 12.6. The highest BCUT2D eigenvalue weighted by molar-refractivity contribution is 6.22. The number of para-hydroxylation sites is 1. The van der Waals surface area contributed by atoms with Crippen LogP contribution in [-0.4, -0.2) is 42.8 Å². The molecule has 25 heavy (non-hydrogen) atoms. The molecule has 0 saturated heterocycles. The van der Waals surface area contributed by atoms with E-state index >= 15 is 0 Å². The van der Waals surface area contributed by atoms with E-state index in [-0.39, 0.29) is 36.6 Å². The molecule has 8 heteroatoms. The van der Waals surface area contributed by atoms with Crippen molar-refractivity contribution in [3.05, 3.63) is 45.5 Å². The number of Topliss-reactive ketones (excluding diaryl/α,β-unsaturated/α-hetero) is 1. The van der Waals surface area contributed by atoms with Gasteiger partial charge in [0.05, 0.1) is 17.1 Å². The van der Waals surface area contributed by atoms with Crippen LogP contribution in [0.5, 0.6) is 0 Å². The van der Waals surface area contributed by atoms with Gasteiger partial charge in [-0.3, -0.25) is 14.9 Å². The van der Waals surface area contributed by atoms with Gasteiger partial charge in [-0.2, -0.15) is 0 Å². The molecule has 0 radical (unpaired) electrons. The first kappa shape index (κ1) is 20.5. The maximum Gasteiger partial charge on any atom is 0.341 e. The molecule has 0 bridgehead atoms. The number of rotatable bonds is 10. The molecule has 0 saturated carbocycles. The number of hydrogen-bond donors (Lipinski definition) is 0. The summed E-state index contributed by atoms with van der Waals surface area (Å²) in [4.78, 5) is 35.4. The van der Waals surface area contributed by atoms with E-state index in [1.54, 1.807) is 26.8 Å². The normalized spacial score (nSPS) is 11.4. The van der Waals surface area contributed by atoms with Gasteiger partial charge in [0.15, 0.2) is 0 Å². The molecule has 0 fully saturated rings. The van der Waals surface area contributed by atoms with Crippen LogP contribution in [0, 0.1) is 10.1 Å². The van der Waals surface area contributed by atoms with Crippen molar-refractivity contribution in [2.45, 2.75) is 27.1 Å². The number of ether oxygens (including phenoxy) is 3. The second-order valence-electron chi connectivity index (χ2n) is 4.70. The average Bonchev–Trinajstić information content (AvgIpc) is 2.59. The summed E-state index contributed by atoms with van der Waals surface area (Å²) >= 11 is 0. The third-order valence-electron chi connectivity index (χ3n) is 3.04. The van der Waals surface area contributed by atoms with E-state index < -0.39 is 23.0 Å². The molecular formula is C17H21NO7.